The number of hydrogen-bond donors (Lipinski definition) is 2. The summed E-state index contributed by atoms with van der Waals surface area (Å²) in [5, 5.41) is 12.6. The van der Waals surface area contributed by atoms with E-state index in [1.165, 1.54) is 13.4 Å². The maximum atomic E-state index is 13.3. The zero-order valence-corrected chi connectivity index (χ0v) is 21.7. The predicted octanol–water partition coefficient (Wildman–Crippen LogP) is 4.43. The van der Waals surface area contributed by atoms with E-state index in [2.05, 4.69) is 5.32 Å². The lowest BCUT2D eigenvalue weighted by Crippen LogP contribution is -2.48. The summed E-state index contributed by atoms with van der Waals surface area (Å²) in [7, 11) is -0.0112. The molecular weight excluding hydrogens is 497 g/mol. The van der Waals surface area contributed by atoms with Gasteiger partial charge >= 0.3 is 0 Å². The van der Waals surface area contributed by atoms with Crippen LogP contribution in [0.2, 0.25) is 10.0 Å². The van der Waals surface area contributed by atoms with Crippen molar-refractivity contribution in [1.29, 1.82) is 5.41 Å². The number of rotatable bonds is 6. The standard InChI is InChI=1S/C24H27Cl2N3O4S/c1-14-22(27)19(8-9-29(14)24(30)18-6-5-7-20(33-3)21(18)26)23(28-2)16-10-15(11-17(25)12-16)13-34(4,31)32/h5-7,10-12,14,27-28H,8-9,13H2,1-4H3/b23-19-,27-22?/t14-/m0/s1. The van der Waals surface area contributed by atoms with E-state index in [1.54, 1.807) is 55.3 Å². The van der Waals surface area contributed by atoms with Gasteiger partial charge in [-0.25, -0.2) is 8.42 Å². The molecule has 0 spiro atoms. The average Bonchev–Trinajstić information content (AvgIpc) is 2.75. The van der Waals surface area contributed by atoms with Crippen LogP contribution in [0.1, 0.15) is 34.8 Å². The third-order valence-corrected chi connectivity index (χ3v) is 7.18. The smallest absolute Gasteiger partial charge is 0.256 e. The molecule has 1 fully saturated rings. The van der Waals surface area contributed by atoms with E-state index in [1.807, 2.05) is 0 Å². The minimum absolute atomic E-state index is 0.135. The molecule has 0 saturated carbocycles. The fourth-order valence-electron chi connectivity index (χ4n) is 4.14. The number of carbonyl (C=O) groups excluding carboxylic acids is 1. The van der Waals surface area contributed by atoms with Crippen LogP contribution in [0.4, 0.5) is 0 Å². The van der Waals surface area contributed by atoms with Crippen molar-refractivity contribution in [1.82, 2.24) is 10.2 Å². The summed E-state index contributed by atoms with van der Waals surface area (Å²) >= 11 is 12.6. The molecule has 0 unspecified atom stereocenters. The monoisotopic (exact) mass is 523 g/mol. The summed E-state index contributed by atoms with van der Waals surface area (Å²) in [5.74, 6) is 0.00480. The van der Waals surface area contributed by atoms with Crippen LogP contribution in [0.15, 0.2) is 42.0 Å². The molecule has 0 aliphatic carbocycles. The number of hydrogen-bond acceptors (Lipinski definition) is 6. The van der Waals surface area contributed by atoms with Gasteiger partial charge < -0.3 is 20.4 Å². The molecule has 1 atom stereocenters. The fraction of sp³-hybridized carbons (Fsp3) is 0.333. The third kappa shape index (κ3) is 5.56. The molecule has 1 heterocycles. The van der Waals surface area contributed by atoms with Crippen molar-refractivity contribution >= 4 is 50.4 Å². The Bertz CT molecular complexity index is 1270. The highest BCUT2D eigenvalue weighted by Crippen LogP contribution is 2.32. The van der Waals surface area contributed by atoms with E-state index in [0.717, 1.165) is 5.57 Å². The Kier molecular flexibility index (Phi) is 7.95. The van der Waals surface area contributed by atoms with Gasteiger partial charge in [0.1, 0.15) is 5.75 Å². The predicted molar refractivity (Wildman–Crippen MR) is 137 cm³/mol. The van der Waals surface area contributed by atoms with Gasteiger partial charge in [-0.2, -0.15) is 0 Å². The van der Waals surface area contributed by atoms with Gasteiger partial charge in [-0.1, -0.05) is 29.3 Å². The summed E-state index contributed by atoms with van der Waals surface area (Å²) in [6.07, 6.45) is 1.60. The second kappa shape index (κ2) is 10.4. The largest absolute Gasteiger partial charge is 0.495 e. The highest BCUT2D eigenvalue weighted by atomic mass is 35.5. The molecule has 3 rings (SSSR count). The lowest BCUT2D eigenvalue weighted by atomic mass is 9.90. The Hall–Kier alpha value is -2.55. The van der Waals surface area contributed by atoms with E-state index in [9.17, 15) is 13.2 Å². The molecule has 1 aliphatic heterocycles. The van der Waals surface area contributed by atoms with Gasteiger partial charge in [0.25, 0.3) is 5.91 Å². The Labute approximate surface area is 210 Å². The average molecular weight is 524 g/mol. The van der Waals surface area contributed by atoms with Crippen LogP contribution >= 0.6 is 23.2 Å². The molecular formula is C24H27Cl2N3O4S. The van der Waals surface area contributed by atoms with Crippen molar-refractivity contribution in [2.75, 3.05) is 27.0 Å². The second-order valence-electron chi connectivity index (χ2n) is 8.18. The topological polar surface area (TPSA) is 99.6 Å². The summed E-state index contributed by atoms with van der Waals surface area (Å²) < 4.78 is 28.8. The van der Waals surface area contributed by atoms with Crippen LogP contribution in [-0.2, 0) is 15.6 Å². The molecule has 0 aromatic heterocycles. The van der Waals surface area contributed by atoms with E-state index in [-0.39, 0.29) is 22.4 Å². The van der Waals surface area contributed by atoms with Gasteiger partial charge in [0, 0.05) is 36.1 Å². The van der Waals surface area contributed by atoms with Crippen LogP contribution in [0, 0.1) is 5.41 Å². The molecule has 1 saturated heterocycles. The maximum absolute atomic E-state index is 13.3. The second-order valence-corrected chi connectivity index (χ2v) is 11.1. The van der Waals surface area contributed by atoms with Gasteiger partial charge in [-0.3, -0.25) is 4.79 Å². The number of amides is 1. The van der Waals surface area contributed by atoms with Crippen molar-refractivity contribution in [3.8, 4) is 5.75 Å². The highest BCUT2D eigenvalue weighted by Gasteiger charge is 2.33. The number of nitrogens with zero attached hydrogens (tertiary/aromatic N) is 1. The number of halogens is 2. The normalized spacial score (nSPS) is 18.0. The fourth-order valence-corrected chi connectivity index (χ4v) is 5.46. The van der Waals surface area contributed by atoms with E-state index in [0.29, 0.717) is 46.1 Å². The van der Waals surface area contributed by atoms with E-state index in [4.69, 9.17) is 33.3 Å². The Morgan fingerprint density at radius 1 is 1.26 bits per heavy atom. The Morgan fingerprint density at radius 2 is 1.97 bits per heavy atom. The molecule has 34 heavy (non-hydrogen) atoms. The summed E-state index contributed by atoms with van der Waals surface area (Å²) in [5.41, 5.74) is 3.29. The molecule has 7 nitrogen and oxygen atoms in total. The molecule has 2 aromatic carbocycles. The van der Waals surface area contributed by atoms with Crippen LogP contribution < -0.4 is 10.1 Å². The van der Waals surface area contributed by atoms with Crippen molar-refractivity contribution in [2.24, 2.45) is 0 Å². The van der Waals surface area contributed by atoms with E-state index < -0.39 is 15.9 Å². The Balaban J connectivity index is 1.96. The van der Waals surface area contributed by atoms with Crippen molar-refractivity contribution < 1.29 is 17.9 Å². The van der Waals surface area contributed by atoms with Crippen molar-refractivity contribution in [3.63, 3.8) is 0 Å². The molecule has 182 valence electrons. The first kappa shape index (κ1) is 26.1. The van der Waals surface area contributed by atoms with Gasteiger partial charge in [-0.05, 0) is 54.8 Å². The number of methoxy groups -OCH3 is 1. The first-order chi connectivity index (χ1) is 16.0. The SMILES string of the molecule is CN/C(=C1/CCN(C(=O)c2cccc(OC)c2Cl)[C@@H](C)C1=N)c1cc(Cl)cc(CS(C)(=O)=O)c1. The summed E-state index contributed by atoms with van der Waals surface area (Å²) in [6, 6.07) is 9.64. The van der Waals surface area contributed by atoms with Crippen molar-refractivity contribution in [2.45, 2.75) is 25.1 Å². The number of nitrogens with one attached hydrogen (secondary N) is 2. The summed E-state index contributed by atoms with van der Waals surface area (Å²) in [4.78, 5) is 14.9. The van der Waals surface area contributed by atoms with Crippen LogP contribution in [-0.4, -0.2) is 57.9 Å². The van der Waals surface area contributed by atoms with Gasteiger partial charge in [0.2, 0.25) is 0 Å². The Morgan fingerprint density at radius 3 is 2.59 bits per heavy atom. The third-order valence-electron chi connectivity index (χ3n) is 5.71. The molecule has 2 aromatic rings. The van der Waals surface area contributed by atoms with Crippen LogP contribution in [0.5, 0.6) is 5.75 Å². The molecule has 2 N–H and O–H groups in total. The first-order valence-corrected chi connectivity index (χ1v) is 13.4. The highest BCUT2D eigenvalue weighted by molar-refractivity contribution is 7.89. The number of carbonyl (C=O) groups is 1. The van der Waals surface area contributed by atoms with Crippen LogP contribution in [0.3, 0.4) is 0 Å². The zero-order valence-electron chi connectivity index (χ0n) is 19.4. The van der Waals surface area contributed by atoms with Gasteiger partial charge in [0.05, 0.1) is 35.2 Å². The number of likely N-dealkylation sites (tertiary alicyclic amines) is 1. The number of sulfone groups is 1. The molecule has 10 heteroatoms. The molecule has 0 radical (unpaired) electrons. The number of ether oxygens (including phenoxy) is 1. The zero-order chi connectivity index (χ0) is 25.2. The van der Waals surface area contributed by atoms with Gasteiger partial charge in [0.15, 0.2) is 9.84 Å². The molecule has 0 bridgehead atoms. The first-order valence-electron chi connectivity index (χ1n) is 10.6. The van der Waals surface area contributed by atoms with E-state index >= 15 is 0 Å². The van der Waals surface area contributed by atoms with Crippen molar-refractivity contribution in [3.05, 3.63) is 68.7 Å². The lowest BCUT2D eigenvalue weighted by Gasteiger charge is -2.36. The molecule has 1 amide bonds. The van der Waals surface area contributed by atoms with Crippen LogP contribution in [0.25, 0.3) is 5.70 Å². The summed E-state index contributed by atoms with van der Waals surface area (Å²) in [6.45, 7) is 2.18. The number of benzene rings is 2. The minimum atomic E-state index is -3.24. The quantitative estimate of drug-likeness (QED) is 0.583. The maximum Gasteiger partial charge on any atom is 0.256 e. The molecule has 1 aliphatic rings. The van der Waals surface area contributed by atoms with Gasteiger partial charge in [-0.15, -0.1) is 0 Å². The lowest BCUT2D eigenvalue weighted by molar-refractivity contribution is 0.0728. The minimum Gasteiger partial charge on any atom is -0.495 e. The number of piperidine rings is 1.